The highest BCUT2D eigenvalue weighted by Gasteiger charge is 2.04. The highest BCUT2D eigenvalue weighted by Crippen LogP contribution is 2.08. The molecule has 0 radical (unpaired) electrons. The highest BCUT2D eigenvalue weighted by molar-refractivity contribution is 5.85. The molecule has 2 N–H and O–H groups in total. The SMILES string of the molecule is ON=c1c2ccc(cc2)c(=NO)c2ncccc12. The minimum Gasteiger partial charge on any atom is -0.410 e. The van der Waals surface area contributed by atoms with E-state index in [1.54, 1.807) is 30.5 Å². The maximum Gasteiger partial charge on any atom is 0.136 e. The zero-order chi connectivity index (χ0) is 12.5. The first kappa shape index (κ1) is 10.5. The van der Waals surface area contributed by atoms with Crippen LogP contribution in [-0.4, -0.2) is 15.4 Å². The lowest BCUT2D eigenvalue weighted by Gasteiger charge is -2.00. The monoisotopic (exact) mass is 239 g/mol. The Morgan fingerprint density at radius 2 is 1.44 bits per heavy atom. The molecule has 1 heterocycles. The van der Waals surface area contributed by atoms with Gasteiger partial charge in [-0.15, -0.1) is 0 Å². The van der Waals surface area contributed by atoms with Crippen molar-refractivity contribution >= 4 is 21.7 Å². The van der Waals surface area contributed by atoms with Gasteiger partial charge in [0.25, 0.3) is 0 Å². The molecule has 5 nitrogen and oxygen atoms in total. The van der Waals surface area contributed by atoms with E-state index in [0.717, 1.165) is 10.8 Å². The summed E-state index contributed by atoms with van der Waals surface area (Å²) in [4.78, 5) is 4.21. The van der Waals surface area contributed by atoms with E-state index in [9.17, 15) is 10.4 Å². The smallest absolute Gasteiger partial charge is 0.136 e. The van der Waals surface area contributed by atoms with Crippen molar-refractivity contribution in [2.45, 2.75) is 0 Å². The molecule has 2 bridgehead atoms. The normalized spacial score (nSPS) is 13.6. The Labute approximate surface area is 101 Å². The Kier molecular flexibility index (Phi) is 2.30. The maximum absolute atomic E-state index is 9.19. The molecule has 4 aromatic rings. The van der Waals surface area contributed by atoms with Crippen molar-refractivity contribution in [1.29, 1.82) is 0 Å². The number of fused-ring (bicyclic) bond motifs is 2. The third kappa shape index (κ3) is 1.37. The molecule has 0 unspecified atom stereocenters. The number of pyridine rings is 1. The van der Waals surface area contributed by atoms with Gasteiger partial charge in [-0.1, -0.05) is 34.6 Å². The fourth-order valence-corrected chi connectivity index (χ4v) is 2.08. The predicted octanol–water partition coefficient (Wildman–Crippen LogP) is 1.41. The summed E-state index contributed by atoms with van der Waals surface area (Å²) >= 11 is 0. The van der Waals surface area contributed by atoms with E-state index >= 15 is 0 Å². The van der Waals surface area contributed by atoms with Gasteiger partial charge in [0.2, 0.25) is 0 Å². The molecule has 0 amide bonds. The quantitative estimate of drug-likeness (QED) is 0.460. The van der Waals surface area contributed by atoms with E-state index in [1.165, 1.54) is 0 Å². The van der Waals surface area contributed by atoms with Crippen LogP contribution in [0, 0.1) is 0 Å². The lowest BCUT2D eigenvalue weighted by atomic mass is 10.1. The molecule has 0 saturated carbocycles. The Morgan fingerprint density at radius 1 is 0.833 bits per heavy atom. The van der Waals surface area contributed by atoms with Crippen LogP contribution in [0.5, 0.6) is 0 Å². The number of benzene rings is 1. The zero-order valence-electron chi connectivity index (χ0n) is 9.28. The van der Waals surface area contributed by atoms with Gasteiger partial charge < -0.3 is 10.4 Å². The van der Waals surface area contributed by atoms with E-state index in [0.29, 0.717) is 21.6 Å². The lowest BCUT2D eigenvalue weighted by Crippen LogP contribution is -2.12. The van der Waals surface area contributed by atoms with Gasteiger partial charge in [0, 0.05) is 22.4 Å². The average Bonchev–Trinajstić information content (AvgIpc) is 2.41. The first-order valence-electron chi connectivity index (χ1n) is 5.36. The van der Waals surface area contributed by atoms with Crippen LogP contribution in [0.1, 0.15) is 0 Å². The lowest BCUT2D eigenvalue weighted by molar-refractivity contribution is 0.302. The molecular weight excluding hydrogens is 230 g/mol. The Morgan fingerprint density at radius 3 is 2.06 bits per heavy atom. The van der Waals surface area contributed by atoms with Crippen molar-refractivity contribution in [2.75, 3.05) is 0 Å². The first-order valence-corrected chi connectivity index (χ1v) is 5.36. The van der Waals surface area contributed by atoms with E-state index in [2.05, 4.69) is 15.3 Å². The van der Waals surface area contributed by atoms with Crippen molar-refractivity contribution in [3.05, 3.63) is 53.3 Å². The minimum absolute atomic E-state index is 0.359. The minimum atomic E-state index is 0.359. The molecule has 0 aliphatic heterocycles. The van der Waals surface area contributed by atoms with Gasteiger partial charge in [0.1, 0.15) is 16.2 Å². The van der Waals surface area contributed by atoms with Crippen LogP contribution in [0.3, 0.4) is 0 Å². The Bertz CT molecular complexity index is 767. The molecule has 18 heavy (non-hydrogen) atoms. The van der Waals surface area contributed by atoms with Crippen molar-refractivity contribution in [1.82, 2.24) is 4.98 Å². The van der Waals surface area contributed by atoms with Gasteiger partial charge in [-0.3, -0.25) is 4.98 Å². The van der Waals surface area contributed by atoms with Crippen LogP contribution in [0.25, 0.3) is 21.7 Å². The molecule has 1 aromatic heterocycles. The number of aromatic nitrogens is 1. The van der Waals surface area contributed by atoms with Crippen molar-refractivity contribution in [2.24, 2.45) is 10.3 Å². The first-order chi connectivity index (χ1) is 8.85. The third-order valence-electron chi connectivity index (χ3n) is 2.92. The fraction of sp³-hybridized carbons (Fsp3) is 0. The van der Waals surface area contributed by atoms with Gasteiger partial charge >= 0.3 is 0 Å². The molecule has 0 aliphatic rings. The topological polar surface area (TPSA) is 78.1 Å². The molecule has 0 saturated heterocycles. The van der Waals surface area contributed by atoms with Gasteiger partial charge in [0.05, 0.1) is 0 Å². The summed E-state index contributed by atoms with van der Waals surface area (Å²) in [5.41, 5.74) is 0.494. The van der Waals surface area contributed by atoms with Gasteiger partial charge in [-0.05, 0) is 12.1 Å². The van der Waals surface area contributed by atoms with Crippen LogP contribution in [0.4, 0.5) is 0 Å². The van der Waals surface area contributed by atoms with Crippen LogP contribution in [0.2, 0.25) is 0 Å². The highest BCUT2D eigenvalue weighted by atomic mass is 16.4. The Balaban J connectivity index is 2.84. The number of nitrogens with zero attached hydrogens (tertiary/aromatic N) is 3. The standard InChI is InChI=1S/C13H9N3O2/c17-15-11-8-3-5-9(6-4-8)12(16-18)13-10(11)2-1-7-14-13/h1-7,17-18H. The molecule has 5 heteroatoms. The second-order valence-electron chi connectivity index (χ2n) is 3.87. The van der Waals surface area contributed by atoms with Gasteiger partial charge in [-0.2, -0.15) is 0 Å². The summed E-state index contributed by atoms with van der Waals surface area (Å²) in [5, 5.41) is 28.0. The number of hydrogen-bond donors (Lipinski definition) is 2. The summed E-state index contributed by atoms with van der Waals surface area (Å²) in [7, 11) is 0. The van der Waals surface area contributed by atoms with Crippen LogP contribution in [0.15, 0.2) is 52.9 Å². The summed E-state index contributed by atoms with van der Waals surface area (Å²) in [6.45, 7) is 0. The molecule has 3 aromatic carbocycles. The summed E-state index contributed by atoms with van der Waals surface area (Å²) in [6.07, 6.45) is 1.60. The predicted molar refractivity (Wildman–Crippen MR) is 65.1 cm³/mol. The van der Waals surface area contributed by atoms with Gasteiger partial charge in [-0.25, -0.2) is 0 Å². The second-order valence-corrected chi connectivity index (χ2v) is 3.87. The summed E-state index contributed by atoms with van der Waals surface area (Å²) in [6, 6.07) is 10.7. The van der Waals surface area contributed by atoms with Crippen LogP contribution in [-0.2, 0) is 0 Å². The van der Waals surface area contributed by atoms with Crippen molar-refractivity contribution in [3.63, 3.8) is 0 Å². The summed E-state index contributed by atoms with van der Waals surface area (Å²) < 4.78 is 0. The van der Waals surface area contributed by atoms with Gasteiger partial charge in [0.15, 0.2) is 0 Å². The molecule has 0 atom stereocenters. The van der Waals surface area contributed by atoms with Crippen molar-refractivity contribution < 1.29 is 10.4 Å². The molecule has 0 spiro atoms. The number of rotatable bonds is 0. The van der Waals surface area contributed by atoms with E-state index in [4.69, 9.17) is 0 Å². The maximum atomic E-state index is 9.19. The molecule has 0 fully saturated rings. The molecule has 4 rings (SSSR count). The largest absolute Gasteiger partial charge is 0.410 e. The average molecular weight is 239 g/mol. The summed E-state index contributed by atoms with van der Waals surface area (Å²) in [5.74, 6) is 0. The van der Waals surface area contributed by atoms with E-state index in [-0.39, 0.29) is 0 Å². The van der Waals surface area contributed by atoms with Crippen LogP contribution >= 0.6 is 0 Å². The molecule has 88 valence electrons. The fourth-order valence-electron chi connectivity index (χ4n) is 2.08. The molecule has 0 aliphatic carbocycles. The van der Waals surface area contributed by atoms with E-state index in [1.807, 2.05) is 12.1 Å². The second kappa shape index (κ2) is 3.96. The Hall–Kier alpha value is -2.69. The number of hydrogen-bond acceptors (Lipinski definition) is 5. The van der Waals surface area contributed by atoms with Crippen molar-refractivity contribution in [3.8, 4) is 0 Å². The molecular formula is C13H9N3O2. The van der Waals surface area contributed by atoms with Crippen LogP contribution < -0.4 is 10.7 Å². The zero-order valence-corrected chi connectivity index (χ0v) is 9.28. The third-order valence-corrected chi connectivity index (χ3v) is 2.92. The van der Waals surface area contributed by atoms with E-state index < -0.39 is 0 Å².